The molecule has 0 aliphatic carbocycles. The van der Waals surface area contributed by atoms with E-state index in [1.165, 1.54) is 16.8 Å². The van der Waals surface area contributed by atoms with E-state index in [2.05, 4.69) is 45.4 Å². The first-order valence-electron chi connectivity index (χ1n) is 8.30. The Bertz CT molecular complexity index is 688. The molecule has 1 aromatic heterocycles. The molecule has 0 saturated heterocycles. The van der Waals surface area contributed by atoms with E-state index in [0.717, 1.165) is 50.5 Å². The van der Waals surface area contributed by atoms with E-state index >= 15 is 0 Å². The van der Waals surface area contributed by atoms with Gasteiger partial charge in [0.1, 0.15) is 24.0 Å². The van der Waals surface area contributed by atoms with Crippen LogP contribution in [-0.2, 0) is 19.3 Å². The summed E-state index contributed by atoms with van der Waals surface area (Å²) in [6.45, 7) is 2.83. The van der Waals surface area contributed by atoms with E-state index in [0.29, 0.717) is 0 Å². The van der Waals surface area contributed by atoms with E-state index in [-0.39, 0.29) is 30.9 Å². The number of hydrogen-bond donors (Lipinski definition) is 1. The van der Waals surface area contributed by atoms with Crippen molar-refractivity contribution in [2.45, 2.75) is 25.4 Å². The maximum absolute atomic E-state index is 6.07. The third-order valence-electron chi connectivity index (χ3n) is 4.66. The Balaban J connectivity index is 0.00000113. The molecule has 1 atom stereocenters. The van der Waals surface area contributed by atoms with Gasteiger partial charge >= 0.3 is 0 Å². The van der Waals surface area contributed by atoms with Crippen LogP contribution in [0.5, 0.6) is 5.75 Å². The molecule has 0 bridgehead atoms. The monoisotopic (exact) mass is 382 g/mol. The molecule has 25 heavy (non-hydrogen) atoms. The molecule has 2 aliphatic heterocycles. The van der Waals surface area contributed by atoms with E-state index < -0.39 is 0 Å². The number of nitrogens with one attached hydrogen (secondary N) is 1. The van der Waals surface area contributed by atoms with Crippen LogP contribution in [0.1, 0.15) is 16.8 Å². The number of likely N-dealkylation sites (N-methyl/N-ethyl adjacent to an activating group) is 1. The molecular formula is C18H24Cl2N4O. The van der Waals surface area contributed by atoms with Crippen LogP contribution in [0.3, 0.4) is 0 Å². The second-order valence-corrected chi connectivity index (χ2v) is 6.30. The molecule has 7 heteroatoms. The average molecular weight is 383 g/mol. The molecule has 0 spiro atoms. The maximum atomic E-state index is 6.07. The third kappa shape index (κ3) is 4.17. The van der Waals surface area contributed by atoms with Crippen LogP contribution in [0, 0.1) is 0 Å². The van der Waals surface area contributed by atoms with Gasteiger partial charge in [-0.25, -0.2) is 9.97 Å². The summed E-state index contributed by atoms with van der Waals surface area (Å²) in [5, 5.41) is 3.43. The minimum atomic E-state index is 0. The maximum Gasteiger partial charge on any atom is 0.135 e. The molecule has 136 valence electrons. The van der Waals surface area contributed by atoms with Crippen molar-refractivity contribution in [2.24, 2.45) is 0 Å². The number of fused-ring (bicyclic) bond motifs is 2. The lowest BCUT2D eigenvalue weighted by molar-refractivity contribution is 0.239. The molecule has 4 rings (SSSR count). The first-order chi connectivity index (χ1) is 11.3. The molecular weight excluding hydrogens is 359 g/mol. The lowest BCUT2D eigenvalue weighted by Gasteiger charge is -2.24. The summed E-state index contributed by atoms with van der Waals surface area (Å²) >= 11 is 0. The van der Waals surface area contributed by atoms with Crippen LogP contribution >= 0.6 is 24.8 Å². The van der Waals surface area contributed by atoms with Crippen LogP contribution < -0.4 is 15.0 Å². The van der Waals surface area contributed by atoms with Gasteiger partial charge < -0.3 is 15.0 Å². The molecule has 1 unspecified atom stereocenters. The average Bonchev–Trinajstić information content (AvgIpc) is 2.81. The molecule has 3 heterocycles. The highest BCUT2D eigenvalue weighted by atomic mass is 35.5. The second kappa shape index (κ2) is 8.70. The smallest absolute Gasteiger partial charge is 0.135 e. The minimum absolute atomic E-state index is 0. The zero-order chi connectivity index (χ0) is 15.6. The van der Waals surface area contributed by atoms with Gasteiger partial charge in [0, 0.05) is 32.0 Å². The van der Waals surface area contributed by atoms with Crippen molar-refractivity contribution in [3.8, 4) is 5.75 Å². The summed E-state index contributed by atoms with van der Waals surface area (Å²) in [7, 11) is 2.10. The molecule has 0 fully saturated rings. The van der Waals surface area contributed by atoms with Crippen LogP contribution in [0.2, 0.25) is 0 Å². The van der Waals surface area contributed by atoms with Crippen LogP contribution in [0.25, 0.3) is 0 Å². The number of halogens is 2. The summed E-state index contributed by atoms with van der Waals surface area (Å²) in [5.41, 5.74) is 3.77. The summed E-state index contributed by atoms with van der Waals surface area (Å²) in [5.74, 6) is 2.08. The fraction of sp³-hybridized carbons (Fsp3) is 0.444. The Kier molecular flexibility index (Phi) is 6.87. The number of ether oxygens (including phenoxy) is 1. The number of benzene rings is 1. The van der Waals surface area contributed by atoms with Crippen molar-refractivity contribution in [2.75, 3.05) is 31.6 Å². The lowest BCUT2D eigenvalue weighted by atomic mass is 10.1. The zero-order valence-electron chi connectivity index (χ0n) is 14.3. The molecule has 1 aromatic carbocycles. The minimum Gasteiger partial charge on any atom is -0.488 e. The fourth-order valence-electron chi connectivity index (χ4n) is 3.53. The van der Waals surface area contributed by atoms with Crippen LogP contribution in [-0.4, -0.2) is 42.8 Å². The molecule has 5 nitrogen and oxygen atoms in total. The second-order valence-electron chi connectivity index (χ2n) is 6.30. The molecule has 2 aromatic rings. The number of hydrogen-bond acceptors (Lipinski definition) is 5. The first-order valence-corrected chi connectivity index (χ1v) is 8.30. The van der Waals surface area contributed by atoms with E-state index in [9.17, 15) is 0 Å². The summed E-state index contributed by atoms with van der Waals surface area (Å²) in [4.78, 5) is 11.3. The van der Waals surface area contributed by atoms with Gasteiger partial charge in [0.05, 0.1) is 12.2 Å². The standard InChI is InChI=1S/C18H22N4O.2ClH/c1-22(11-14-10-13-4-2-3-5-17(13)23-14)18-15-6-8-19-9-7-16(15)20-12-21-18;;/h2-5,12,14,19H,6-11H2,1H3;2*1H. The van der Waals surface area contributed by atoms with E-state index in [1.807, 2.05) is 6.07 Å². The molecule has 2 aliphatic rings. The zero-order valence-corrected chi connectivity index (χ0v) is 15.9. The van der Waals surface area contributed by atoms with Crippen molar-refractivity contribution >= 4 is 30.6 Å². The molecule has 0 saturated carbocycles. The number of rotatable bonds is 3. The Morgan fingerprint density at radius 1 is 1.16 bits per heavy atom. The van der Waals surface area contributed by atoms with Gasteiger partial charge in [0.25, 0.3) is 0 Å². The number of para-hydroxylation sites is 1. The van der Waals surface area contributed by atoms with Crippen molar-refractivity contribution in [1.82, 2.24) is 15.3 Å². The molecule has 1 N–H and O–H groups in total. The largest absolute Gasteiger partial charge is 0.488 e. The fourth-order valence-corrected chi connectivity index (χ4v) is 3.53. The number of anilines is 1. The van der Waals surface area contributed by atoms with Crippen molar-refractivity contribution in [1.29, 1.82) is 0 Å². The Labute approximate surface area is 161 Å². The lowest BCUT2D eigenvalue weighted by Crippen LogP contribution is -2.33. The SMILES string of the molecule is CN(CC1Cc2ccccc2O1)c1ncnc2c1CCNCC2.Cl.Cl. The summed E-state index contributed by atoms with van der Waals surface area (Å²) in [6, 6.07) is 8.31. The Morgan fingerprint density at radius 2 is 1.96 bits per heavy atom. The highest BCUT2D eigenvalue weighted by molar-refractivity contribution is 5.85. The van der Waals surface area contributed by atoms with Crippen LogP contribution in [0.15, 0.2) is 30.6 Å². The van der Waals surface area contributed by atoms with Gasteiger partial charge in [-0.05, 0) is 24.6 Å². The summed E-state index contributed by atoms with van der Waals surface area (Å²) in [6.07, 6.45) is 4.81. The highest BCUT2D eigenvalue weighted by Crippen LogP contribution is 2.29. The van der Waals surface area contributed by atoms with Gasteiger partial charge in [-0.15, -0.1) is 24.8 Å². The number of aromatic nitrogens is 2. The van der Waals surface area contributed by atoms with Gasteiger partial charge in [-0.3, -0.25) is 0 Å². The van der Waals surface area contributed by atoms with Crippen molar-refractivity contribution in [3.63, 3.8) is 0 Å². The van der Waals surface area contributed by atoms with Crippen LogP contribution in [0.4, 0.5) is 5.82 Å². The van der Waals surface area contributed by atoms with Gasteiger partial charge in [0.15, 0.2) is 0 Å². The molecule has 0 radical (unpaired) electrons. The highest BCUT2D eigenvalue weighted by Gasteiger charge is 2.25. The van der Waals surface area contributed by atoms with Gasteiger partial charge in [-0.1, -0.05) is 18.2 Å². The van der Waals surface area contributed by atoms with Crippen molar-refractivity contribution in [3.05, 3.63) is 47.4 Å². The predicted molar refractivity (Wildman–Crippen MR) is 105 cm³/mol. The number of nitrogens with zero attached hydrogens (tertiary/aromatic N) is 3. The topological polar surface area (TPSA) is 50.3 Å². The van der Waals surface area contributed by atoms with E-state index in [4.69, 9.17) is 4.74 Å². The summed E-state index contributed by atoms with van der Waals surface area (Å²) < 4.78 is 6.07. The Morgan fingerprint density at radius 3 is 2.80 bits per heavy atom. The predicted octanol–water partition coefficient (Wildman–Crippen LogP) is 2.45. The Hall–Kier alpha value is -1.56. The van der Waals surface area contributed by atoms with E-state index in [1.54, 1.807) is 6.33 Å². The normalized spacial score (nSPS) is 17.9. The third-order valence-corrected chi connectivity index (χ3v) is 4.66. The molecule has 0 amide bonds. The quantitative estimate of drug-likeness (QED) is 0.883. The van der Waals surface area contributed by atoms with Gasteiger partial charge in [0.2, 0.25) is 0 Å². The first kappa shape index (κ1) is 19.8. The van der Waals surface area contributed by atoms with Crippen molar-refractivity contribution < 1.29 is 4.74 Å². The van der Waals surface area contributed by atoms with Gasteiger partial charge in [-0.2, -0.15) is 0 Å².